The molecule has 1 amide bonds. The maximum Gasteiger partial charge on any atom is 0.246 e. The summed E-state index contributed by atoms with van der Waals surface area (Å²) in [5, 5.41) is 12.3. The number of nitrogens with zero attached hydrogens (tertiary/aromatic N) is 1. The molecule has 1 aromatic rings. The minimum Gasteiger partial charge on any atom is -0.395 e. The third kappa shape index (κ3) is 5.77. The molecule has 0 aliphatic carbocycles. The summed E-state index contributed by atoms with van der Waals surface area (Å²) in [6.07, 6.45) is 6.24. The molecule has 0 spiro atoms. The van der Waals surface area contributed by atoms with Crippen molar-refractivity contribution in [2.24, 2.45) is 0 Å². The second kappa shape index (κ2) is 9.60. The van der Waals surface area contributed by atoms with E-state index < -0.39 is 0 Å². The van der Waals surface area contributed by atoms with E-state index in [1.54, 1.807) is 0 Å². The summed E-state index contributed by atoms with van der Waals surface area (Å²) in [4.78, 5) is 14.5. The van der Waals surface area contributed by atoms with Crippen molar-refractivity contribution in [3.05, 3.63) is 41.0 Å². The molecule has 1 unspecified atom stereocenters. The van der Waals surface area contributed by atoms with Crippen molar-refractivity contribution in [3.63, 3.8) is 0 Å². The Morgan fingerprint density at radius 1 is 1.33 bits per heavy atom. The monoisotopic (exact) mass is 330 g/mol. The molecule has 132 valence electrons. The van der Waals surface area contributed by atoms with E-state index in [9.17, 15) is 9.90 Å². The number of rotatable bonds is 8. The van der Waals surface area contributed by atoms with Gasteiger partial charge >= 0.3 is 0 Å². The second-order valence-corrected chi connectivity index (χ2v) is 6.72. The predicted molar refractivity (Wildman–Crippen MR) is 98.8 cm³/mol. The Morgan fingerprint density at radius 3 is 2.79 bits per heavy atom. The van der Waals surface area contributed by atoms with Gasteiger partial charge in [0, 0.05) is 18.2 Å². The lowest BCUT2D eigenvalue weighted by atomic mass is 10.1. The van der Waals surface area contributed by atoms with Crippen LogP contribution in [0.2, 0.25) is 0 Å². The highest BCUT2D eigenvalue weighted by Gasteiger charge is 2.22. The van der Waals surface area contributed by atoms with Crippen LogP contribution in [0.1, 0.15) is 43.7 Å². The molecule has 0 bridgehead atoms. The highest BCUT2D eigenvalue weighted by molar-refractivity contribution is 5.97. The maximum absolute atomic E-state index is 12.1. The Balaban J connectivity index is 1.66. The van der Waals surface area contributed by atoms with Crippen LogP contribution in [0.15, 0.2) is 29.8 Å². The third-order valence-electron chi connectivity index (χ3n) is 4.69. The van der Waals surface area contributed by atoms with Crippen LogP contribution < -0.4 is 5.32 Å². The van der Waals surface area contributed by atoms with Crippen molar-refractivity contribution in [1.82, 2.24) is 10.2 Å². The first kappa shape index (κ1) is 18.7. The molecule has 1 aromatic carbocycles. The summed E-state index contributed by atoms with van der Waals surface area (Å²) in [7, 11) is 0. The predicted octanol–water partition coefficient (Wildman–Crippen LogP) is 2.75. The van der Waals surface area contributed by atoms with Gasteiger partial charge in [0.2, 0.25) is 5.91 Å². The molecule has 1 atom stereocenters. The molecule has 0 aromatic heterocycles. The van der Waals surface area contributed by atoms with Crippen LogP contribution in [0.4, 0.5) is 0 Å². The molecule has 2 rings (SSSR count). The standard InChI is InChI=1S/C20H30N2O2/c1-16-7-9-18(10-8-16)14-17(2)20(24)21-11-3-4-12-22-13-5-6-19(22)15-23/h7-10,14,19,23H,3-6,11-13,15H2,1-2H3,(H,21,24)/b17-14-. The molecule has 0 saturated carbocycles. The van der Waals surface area contributed by atoms with Gasteiger partial charge in [0.1, 0.15) is 0 Å². The van der Waals surface area contributed by atoms with Gasteiger partial charge in [-0.3, -0.25) is 9.69 Å². The number of carbonyl (C=O) groups excluding carboxylic acids is 1. The van der Waals surface area contributed by atoms with E-state index in [1.807, 2.05) is 25.1 Å². The number of nitrogens with one attached hydrogen (secondary N) is 1. The van der Waals surface area contributed by atoms with E-state index in [0.717, 1.165) is 43.5 Å². The van der Waals surface area contributed by atoms with Crippen molar-refractivity contribution in [3.8, 4) is 0 Å². The van der Waals surface area contributed by atoms with E-state index in [1.165, 1.54) is 12.0 Å². The lowest BCUT2D eigenvalue weighted by molar-refractivity contribution is -0.117. The molecule has 1 aliphatic rings. The van der Waals surface area contributed by atoms with Crippen LogP contribution in [-0.4, -0.2) is 48.2 Å². The average molecular weight is 330 g/mol. The molecule has 4 heteroatoms. The molecule has 1 aliphatic heterocycles. The smallest absolute Gasteiger partial charge is 0.246 e. The number of aliphatic hydroxyl groups excluding tert-OH is 1. The summed E-state index contributed by atoms with van der Waals surface area (Å²) in [5.41, 5.74) is 3.01. The summed E-state index contributed by atoms with van der Waals surface area (Å²) in [5.74, 6) is 0.00461. The fourth-order valence-corrected chi connectivity index (χ4v) is 3.16. The van der Waals surface area contributed by atoms with Gasteiger partial charge in [-0.1, -0.05) is 29.8 Å². The number of benzene rings is 1. The van der Waals surface area contributed by atoms with Crippen molar-refractivity contribution in [2.45, 2.75) is 45.6 Å². The van der Waals surface area contributed by atoms with Crippen LogP contribution >= 0.6 is 0 Å². The zero-order valence-corrected chi connectivity index (χ0v) is 14.9. The van der Waals surface area contributed by atoms with Gasteiger partial charge in [0.15, 0.2) is 0 Å². The van der Waals surface area contributed by atoms with E-state index in [2.05, 4.69) is 29.3 Å². The van der Waals surface area contributed by atoms with E-state index in [-0.39, 0.29) is 12.5 Å². The fraction of sp³-hybridized carbons (Fsp3) is 0.550. The quantitative estimate of drug-likeness (QED) is 0.569. The van der Waals surface area contributed by atoms with Gasteiger partial charge in [-0.05, 0) is 64.3 Å². The molecular weight excluding hydrogens is 300 g/mol. The van der Waals surface area contributed by atoms with Crippen LogP contribution in [0, 0.1) is 6.92 Å². The largest absolute Gasteiger partial charge is 0.395 e. The number of hydrogen-bond donors (Lipinski definition) is 2. The van der Waals surface area contributed by atoms with Gasteiger partial charge in [-0.15, -0.1) is 0 Å². The zero-order valence-electron chi connectivity index (χ0n) is 14.9. The number of aliphatic hydroxyl groups is 1. The first-order valence-electron chi connectivity index (χ1n) is 8.98. The molecule has 0 radical (unpaired) electrons. The summed E-state index contributed by atoms with van der Waals surface area (Å²) >= 11 is 0. The molecule has 1 saturated heterocycles. The van der Waals surface area contributed by atoms with Crippen LogP contribution in [-0.2, 0) is 4.79 Å². The maximum atomic E-state index is 12.1. The second-order valence-electron chi connectivity index (χ2n) is 6.72. The summed E-state index contributed by atoms with van der Waals surface area (Å²) in [6.45, 7) is 6.98. The van der Waals surface area contributed by atoms with Crippen LogP contribution in [0.25, 0.3) is 6.08 Å². The zero-order chi connectivity index (χ0) is 17.4. The lowest BCUT2D eigenvalue weighted by Gasteiger charge is -2.22. The molecule has 1 fully saturated rings. The fourth-order valence-electron chi connectivity index (χ4n) is 3.16. The van der Waals surface area contributed by atoms with Crippen molar-refractivity contribution in [2.75, 3.05) is 26.2 Å². The molecule has 24 heavy (non-hydrogen) atoms. The highest BCUT2D eigenvalue weighted by Crippen LogP contribution is 2.16. The number of amides is 1. The van der Waals surface area contributed by atoms with Gasteiger partial charge in [-0.2, -0.15) is 0 Å². The average Bonchev–Trinajstić information content (AvgIpc) is 3.04. The first-order chi connectivity index (χ1) is 11.6. The Labute approximate surface area is 145 Å². The Bertz CT molecular complexity index is 551. The lowest BCUT2D eigenvalue weighted by Crippen LogP contribution is -2.33. The molecule has 2 N–H and O–H groups in total. The number of carbonyl (C=O) groups is 1. The summed E-state index contributed by atoms with van der Waals surface area (Å²) in [6, 6.07) is 8.50. The minimum absolute atomic E-state index is 0.00461. The van der Waals surface area contributed by atoms with Crippen molar-refractivity contribution in [1.29, 1.82) is 0 Å². The number of likely N-dealkylation sites (tertiary alicyclic amines) is 1. The van der Waals surface area contributed by atoms with Gasteiger partial charge in [0.25, 0.3) is 0 Å². The number of aryl methyl sites for hydroxylation is 1. The van der Waals surface area contributed by atoms with E-state index >= 15 is 0 Å². The van der Waals surface area contributed by atoms with Crippen LogP contribution in [0.5, 0.6) is 0 Å². The highest BCUT2D eigenvalue weighted by atomic mass is 16.3. The SMILES string of the molecule is C/C(=C/c1ccc(C)cc1)C(=O)NCCCCN1CCCC1CO. The minimum atomic E-state index is 0.00461. The van der Waals surface area contributed by atoms with Gasteiger partial charge in [-0.25, -0.2) is 0 Å². The Kier molecular flexibility index (Phi) is 7.47. The topological polar surface area (TPSA) is 52.6 Å². The van der Waals surface area contributed by atoms with Gasteiger partial charge < -0.3 is 10.4 Å². The third-order valence-corrected chi connectivity index (χ3v) is 4.69. The molecule has 1 heterocycles. The normalized spacial score (nSPS) is 18.8. The Hall–Kier alpha value is -1.65. The van der Waals surface area contributed by atoms with E-state index in [4.69, 9.17) is 0 Å². The van der Waals surface area contributed by atoms with Crippen molar-refractivity contribution < 1.29 is 9.90 Å². The first-order valence-corrected chi connectivity index (χ1v) is 8.98. The summed E-state index contributed by atoms with van der Waals surface area (Å²) < 4.78 is 0. The number of unbranched alkanes of at least 4 members (excludes halogenated alkanes) is 1. The molecule has 4 nitrogen and oxygen atoms in total. The van der Waals surface area contributed by atoms with Gasteiger partial charge in [0.05, 0.1) is 6.61 Å². The van der Waals surface area contributed by atoms with E-state index in [0.29, 0.717) is 12.6 Å². The molecular formula is C20H30N2O2. The van der Waals surface area contributed by atoms with Crippen molar-refractivity contribution >= 4 is 12.0 Å². The van der Waals surface area contributed by atoms with Crippen LogP contribution in [0.3, 0.4) is 0 Å². The number of hydrogen-bond acceptors (Lipinski definition) is 3. The Morgan fingerprint density at radius 2 is 2.08 bits per heavy atom.